The van der Waals surface area contributed by atoms with Gasteiger partial charge >= 0.3 is 0 Å². The number of halogens is 1. The van der Waals surface area contributed by atoms with Crippen LogP contribution >= 0.6 is 11.3 Å². The standard InChI is InChI=1S/C20H17FN4OS/c1-13-17(11-12-22-19(26)15-5-3-2-4-6-15)27-20-23-18(24-25(13)20)14-7-9-16(21)10-8-14/h2-10H,11-12H2,1H3,(H,22,26). The van der Waals surface area contributed by atoms with Crippen molar-refractivity contribution in [2.75, 3.05) is 6.54 Å². The van der Waals surface area contributed by atoms with Crippen molar-refractivity contribution in [3.05, 3.63) is 76.5 Å². The predicted octanol–water partition coefficient (Wildman–Crippen LogP) is 3.88. The Bertz CT molecular complexity index is 1090. The number of hydrogen-bond acceptors (Lipinski definition) is 4. The maximum atomic E-state index is 13.1. The molecule has 0 saturated heterocycles. The fourth-order valence-electron chi connectivity index (χ4n) is 2.82. The number of aryl methyl sites for hydroxylation is 1. The number of carbonyl (C=O) groups is 1. The van der Waals surface area contributed by atoms with E-state index in [-0.39, 0.29) is 11.7 Å². The second-order valence-electron chi connectivity index (χ2n) is 6.12. The van der Waals surface area contributed by atoms with E-state index in [1.165, 1.54) is 12.1 Å². The maximum Gasteiger partial charge on any atom is 0.251 e. The minimum absolute atomic E-state index is 0.0775. The van der Waals surface area contributed by atoms with Crippen molar-refractivity contribution in [3.63, 3.8) is 0 Å². The van der Waals surface area contributed by atoms with Crippen LogP contribution in [0, 0.1) is 12.7 Å². The number of thiazole rings is 1. The Morgan fingerprint density at radius 2 is 1.89 bits per heavy atom. The van der Waals surface area contributed by atoms with Gasteiger partial charge in [-0.05, 0) is 43.3 Å². The van der Waals surface area contributed by atoms with Gasteiger partial charge < -0.3 is 5.32 Å². The lowest BCUT2D eigenvalue weighted by atomic mass is 10.2. The molecule has 2 heterocycles. The predicted molar refractivity (Wildman–Crippen MR) is 103 cm³/mol. The SMILES string of the molecule is Cc1c(CCNC(=O)c2ccccc2)sc2nc(-c3ccc(F)cc3)nn12. The molecular weight excluding hydrogens is 363 g/mol. The zero-order valence-electron chi connectivity index (χ0n) is 14.6. The van der Waals surface area contributed by atoms with Crippen LogP contribution in [-0.2, 0) is 6.42 Å². The van der Waals surface area contributed by atoms with Crippen LogP contribution in [-0.4, -0.2) is 27.0 Å². The lowest BCUT2D eigenvalue weighted by Gasteiger charge is -2.04. The van der Waals surface area contributed by atoms with Gasteiger partial charge in [0.25, 0.3) is 5.91 Å². The van der Waals surface area contributed by atoms with Gasteiger partial charge in [0.15, 0.2) is 5.82 Å². The molecule has 0 aliphatic heterocycles. The molecule has 0 unspecified atom stereocenters. The van der Waals surface area contributed by atoms with Crippen molar-refractivity contribution in [3.8, 4) is 11.4 Å². The van der Waals surface area contributed by atoms with Crippen molar-refractivity contribution in [1.82, 2.24) is 19.9 Å². The summed E-state index contributed by atoms with van der Waals surface area (Å²) < 4.78 is 14.9. The van der Waals surface area contributed by atoms with E-state index in [1.807, 2.05) is 25.1 Å². The van der Waals surface area contributed by atoms with Gasteiger partial charge in [0.2, 0.25) is 4.96 Å². The van der Waals surface area contributed by atoms with E-state index < -0.39 is 0 Å². The van der Waals surface area contributed by atoms with E-state index in [0.29, 0.717) is 24.4 Å². The Morgan fingerprint density at radius 1 is 1.15 bits per heavy atom. The first-order chi connectivity index (χ1) is 13.1. The van der Waals surface area contributed by atoms with Crippen LogP contribution < -0.4 is 5.32 Å². The number of rotatable bonds is 5. The van der Waals surface area contributed by atoms with Gasteiger partial charge in [-0.25, -0.2) is 8.91 Å². The molecule has 1 amide bonds. The molecule has 0 fully saturated rings. The van der Waals surface area contributed by atoms with E-state index in [1.54, 1.807) is 40.1 Å². The molecule has 7 heteroatoms. The third-order valence-corrected chi connectivity index (χ3v) is 5.48. The maximum absolute atomic E-state index is 13.1. The van der Waals surface area contributed by atoms with Crippen LogP contribution in [0.3, 0.4) is 0 Å². The zero-order chi connectivity index (χ0) is 18.8. The molecule has 4 rings (SSSR count). The van der Waals surface area contributed by atoms with Gasteiger partial charge in [-0.3, -0.25) is 4.79 Å². The third-order valence-electron chi connectivity index (χ3n) is 4.29. The number of fused-ring (bicyclic) bond motifs is 1. The number of benzene rings is 2. The monoisotopic (exact) mass is 380 g/mol. The molecule has 0 aliphatic carbocycles. The zero-order valence-corrected chi connectivity index (χ0v) is 15.5. The summed E-state index contributed by atoms with van der Waals surface area (Å²) in [5.41, 5.74) is 2.44. The number of aromatic nitrogens is 3. The summed E-state index contributed by atoms with van der Waals surface area (Å²) in [6.07, 6.45) is 0.714. The topological polar surface area (TPSA) is 59.3 Å². The van der Waals surface area contributed by atoms with E-state index in [9.17, 15) is 9.18 Å². The van der Waals surface area contributed by atoms with Crippen molar-refractivity contribution < 1.29 is 9.18 Å². The van der Waals surface area contributed by atoms with Crippen LogP contribution in [0.15, 0.2) is 54.6 Å². The number of amides is 1. The summed E-state index contributed by atoms with van der Waals surface area (Å²) in [6.45, 7) is 2.53. The smallest absolute Gasteiger partial charge is 0.251 e. The fourth-order valence-corrected chi connectivity index (χ4v) is 3.87. The van der Waals surface area contributed by atoms with Crippen molar-refractivity contribution >= 4 is 22.2 Å². The van der Waals surface area contributed by atoms with Gasteiger partial charge in [-0.15, -0.1) is 5.10 Å². The van der Waals surface area contributed by atoms with Gasteiger partial charge in [0.05, 0.1) is 5.69 Å². The van der Waals surface area contributed by atoms with Crippen LogP contribution in [0.2, 0.25) is 0 Å². The van der Waals surface area contributed by atoms with Crippen molar-refractivity contribution in [2.24, 2.45) is 0 Å². The normalized spacial score (nSPS) is 11.0. The first kappa shape index (κ1) is 17.4. The molecule has 0 bridgehead atoms. The van der Waals surface area contributed by atoms with E-state index in [2.05, 4.69) is 15.4 Å². The Kier molecular flexibility index (Phi) is 4.68. The number of nitrogens with zero attached hydrogens (tertiary/aromatic N) is 3. The van der Waals surface area contributed by atoms with E-state index in [0.717, 1.165) is 21.1 Å². The summed E-state index contributed by atoms with van der Waals surface area (Å²) in [5.74, 6) is 0.218. The molecule has 1 N–H and O–H groups in total. The largest absolute Gasteiger partial charge is 0.352 e. The molecule has 27 heavy (non-hydrogen) atoms. The minimum atomic E-state index is -0.282. The van der Waals surface area contributed by atoms with E-state index in [4.69, 9.17) is 0 Å². The molecule has 5 nitrogen and oxygen atoms in total. The lowest BCUT2D eigenvalue weighted by Crippen LogP contribution is -2.25. The fraction of sp³-hybridized carbons (Fsp3) is 0.150. The van der Waals surface area contributed by atoms with Gasteiger partial charge in [-0.1, -0.05) is 29.5 Å². The molecule has 0 atom stereocenters. The van der Waals surface area contributed by atoms with Crippen LogP contribution in [0.5, 0.6) is 0 Å². The Balaban J connectivity index is 1.45. The minimum Gasteiger partial charge on any atom is -0.352 e. The molecule has 0 radical (unpaired) electrons. The third kappa shape index (κ3) is 3.59. The Morgan fingerprint density at radius 3 is 2.59 bits per heavy atom. The van der Waals surface area contributed by atoms with Crippen LogP contribution in [0.1, 0.15) is 20.9 Å². The summed E-state index contributed by atoms with van der Waals surface area (Å²) in [7, 11) is 0. The molecule has 0 aliphatic rings. The molecule has 136 valence electrons. The second-order valence-corrected chi connectivity index (χ2v) is 7.18. The van der Waals surface area contributed by atoms with Crippen molar-refractivity contribution in [1.29, 1.82) is 0 Å². The molecule has 2 aromatic heterocycles. The highest BCUT2D eigenvalue weighted by Crippen LogP contribution is 2.25. The Hall–Kier alpha value is -3.06. The second kappa shape index (κ2) is 7.28. The highest BCUT2D eigenvalue weighted by atomic mass is 32.1. The van der Waals surface area contributed by atoms with Gasteiger partial charge in [-0.2, -0.15) is 4.98 Å². The van der Waals surface area contributed by atoms with Gasteiger partial charge in [0, 0.05) is 29.0 Å². The number of carbonyl (C=O) groups excluding carboxylic acids is 1. The summed E-state index contributed by atoms with van der Waals surface area (Å²) in [4.78, 5) is 18.6. The first-order valence-electron chi connectivity index (χ1n) is 8.56. The molecule has 4 aromatic rings. The summed E-state index contributed by atoms with van der Waals surface area (Å²) >= 11 is 1.55. The average Bonchev–Trinajstić information content (AvgIpc) is 3.23. The molecular formula is C20H17FN4OS. The number of hydrogen-bond donors (Lipinski definition) is 1. The lowest BCUT2D eigenvalue weighted by molar-refractivity contribution is 0.0954. The summed E-state index contributed by atoms with van der Waals surface area (Å²) in [6, 6.07) is 15.3. The van der Waals surface area contributed by atoms with Crippen molar-refractivity contribution in [2.45, 2.75) is 13.3 Å². The van der Waals surface area contributed by atoms with Crippen LogP contribution in [0.4, 0.5) is 4.39 Å². The summed E-state index contributed by atoms with van der Waals surface area (Å²) in [5, 5.41) is 7.47. The molecule has 0 saturated carbocycles. The Labute approximate surface area is 159 Å². The molecule has 2 aromatic carbocycles. The molecule has 0 spiro atoms. The van der Waals surface area contributed by atoms with E-state index >= 15 is 0 Å². The number of nitrogens with one attached hydrogen (secondary N) is 1. The highest BCUT2D eigenvalue weighted by Gasteiger charge is 2.14. The quantitative estimate of drug-likeness (QED) is 0.572. The average molecular weight is 380 g/mol. The van der Waals surface area contributed by atoms with Crippen LogP contribution in [0.25, 0.3) is 16.3 Å². The highest BCUT2D eigenvalue weighted by molar-refractivity contribution is 7.17. The van der Waals surface area contributed by atoms with Gasteiger partial charge in [0.1, 0.15) is 5.82 Å². The first-order valence-corrected chi connectivity index (χ1v) is 9.38.